The van der Waals surface area contributed by atoms with E-state index in [1.165, 1.54) is 0 Å². The highest BCUT2D eigenvalue weighted by atomic mass is 16.5. The van der Waals surface area contributed by atoms with Gasteiger partial charge in [-0.15, -0.1) is 0 Å². The molecule has 2 aromatic rings. The Labute approximate surface area is 153 Å². The van der Waals surface area contributed by atoms with Gasteiger partial charge in [-0.3, -0.25) is 9.89 Å². The van der Waals surface area contributed by atoms with E-state index in [2.05, 4.69) is 15.2 Å². The number of carbonyl (C=O) groups excluding carboxylic acids is 1. The number of anilines is 1. The average Bonchev–Trinajstić information content (AvgIpc) is 3.12. The van der Waals surface area contributed by atoms with Crippen molar-refractivity contribution in [1.29, 1.82) is 0 Å². The van der Waals surface area contributed by atoms with Gasteiger partial charge in [0.1, 0.15) is 11.9 Å². The third kappa shape index (κ3) is 3.19. The summed E-state index contributed by atoms with van der Waals surface area (Å²) < 4.78 is 5.91. The summed E-state index contributed by atoms with van der Waals surface area (Å²) in [7, 11) is 3.93. The van der Waals surface area contributed by atoms with Gasteiger partial charge in [-0.25, -0.2) is 4.98 Å². The van der Waals surface area contributed by atoms with Crippen molar-refractivity contribution in [2.75, 3.05) is 38.7 Å². The minimum atomic E-state index is -0.206. The predicted molar refractivity (Wildman–Crippen MR) is 98.4 cm³/mol. The molecule has 4 rings (SSSR count). The SMILES string of the molecule is CN(C)c1cccc(C2CN(C(=O)c3n[nH]c4c3CCCC4)CCO2)n1. The zero-order valence-corrected chi connectivity index (χ0v) is 15.4. The Balaban J connectivity index is 1.52. The summed E-state index contributed by atoms with van der Waals surface area (Å²) in [6.07, 6.45) is 4.01. The van der Waals surface area contributed by atoms with Crippen LogP contribution in [0.5, 0.6) is 0 Å². The number of nitrogens with zero attached hydrogens (tertiary/aromatic N) is 4. The second-order valence-electron chi connectivity index (χ2n) is 7.16. The second kappa shape index (κ2) is 7.07. The van der Waals surface area contributed by atoms with Crippen molar-refractivity contribution in [3.05, 3.63) is 40.8 Å². The molecule has 3 heterocycles. The summed E-state index contributed by atoms with van der Waals surface area (Å²) in [5.41, 5.74) is 3.69. The van der Waals surface area contributed by atoms with Crippen molar-refractivity contribution in [3.63, 3.8) is 0 Å². The normalized spacial score (nSPS) is 19.9. The van der Waals surface area contributed by atoms with Crippen molar-refractivity contribution >= 4 is 11.7 Å². The van der Waals surface area contributed by atoms with E-state index < -0.39 is 0 Å². The number of amides is 1. The van der Waals surface area contributed by atoms with Crippen LogP contribution in [0.15, 0.2) is 18.2 Å². The van der Waals surface area contributed by atoms with Gasteiger partial charge in [-0.2, -0.15) is 5.10 Å². The van der Waals surface area contributed by atoms with Crippen LogP contribution in [0.4, 0.5) is 5.82 Å². The number of rotatable bonds is 3. The van der Waals surface area contributed by atoms with E-state index in [-0.39, 0.29) is 12.0 Å². The molecular formula is C19H25N5O2. The molecule has 1 fully saturated rings. The maximum absolute atomic E-state index is 13.0. The first-order chi connectivity index (χ1) is 12.6. The monoisotopic (exact) mass is 355 g/mol. The number of ether oxygens (including phenoxy) is 1. The molecule has 0 saturated carbocycles. The van der Waals surface area contributed by atoms with Crippen molar-refractivity contribution in [3.8, 4) is 0 Å². The highest BCUT2D eigenvalue weighted by Crippen LogP contribution is 2.26. The number of aryl methyl sites for hydroxylation is 1. The summed E-state index contributed by atoms with van der Waals surface area (Å²) in [5.74, 6) is 0.886. The molecule has 0 aromatic carbocycles. The van der Waals surface area contributed by atoms with Gasteiger partial charge in [-0.05, 0) is 37.8 Å². The lowest BCUT2D eigenvalue weighted by Gasteiger charge is -2.32. The molecule has 1 atom stereocenters. The van der Waals surface area contributed by atoms with Crippen LogP contribution in [0, 0.1) is 0 Å². The topological polar surface area (TPSA) is 74.3 Å². The van der Waals surface area contributed by atoms with Crippen molar-refractivity contribution in [2.24, 2.45) is 0 Å². The zero-order chi connectivity index (χ0) is 18.1. The molecule has 7 nitrogen and oxygen atoms in total. The van der Waals surface area contributed by atoms with Crippen LogP contribution in [0.1, 0.15) is 46.4 Å². The van der Waals surface area contributed by atoms with Crippen molar-refractivity contribution < 1.29 is 9.53 Å². The molecule has 1 unspecified atom stereocenters. The summed E-state index contributed by atoms with van der Waals surface area (Å²) in [6, 6.07) is 5.90. The maximum Gasteiger partial charge on any atom is 0.274 e. The molecule has 1 aliphatic heterocycles. The molecule has 2 aliphatic rings. The van der Waals surface area contributed by atoms with Gasteiger partial charge in [-0.1, -0.05) is 6.07 Å². The van der Waals surface area contributed by atoms with Crippen LogP contribution in [0.25, 0.3) is 0 Å². The van der Waals surface area contributed by atoms with E-state index in [4.69, 9.17) is 4.74 Å². The maximum atomic E-state index is 13.0. The summed E-state index contributed by atoms with van der Waals surface area (Å²) in [4.78, 5) is 21.5. The number of hydrogen-bond acceptors (Lipinski definition) is 5. The Morgan fingerprint density at radius 3 is 3.00 bits per heavy atom. The van der Waals surface area contributed by atoms with Crippen molar-refractivity contribution in [1.82, 2.24) is 20.1 Å². The van der Waals surface area contributed by atoms with Gasteiger partial charge in [0.25, 0.3) is 5.91 Å². The van der Waals surface area contributed by atoms with E-state index in [1.807, 2.05) is 42.1 Å². The van der Waals surface area contributed by atoms with Crippen LogP contribution < -0.4 is 4.90 Å². The number of aromatic amines is 1. The average molecular weight is 355 g/mol. The van der Waals surface area contributed by atoms with Crippen LogP contribution in [-0.4, -0.2) is 59.8 Å². The van der Waals surface area contributed by atoms with Crippen LogP contribution in [0.3, 0.4) is 0 Å². The third-order valence-corrected chi connectivity index (χ3v) is 5.16. The van der Waals surface area contributed by atoms with Gasteiger partial charge in [0.05, 0.1) is 18.8 Å². The minimum Gasteiger partial charge on any atom is -0.368 e. The first-order valence-electron chi connectivity index (χ1n) is 9.25. The van der Waals surface area contributed by atoms with Gasteiger partial charge in [0.15, 0.2) is 5.69 Å². The zero-order valence-electron chi connectivity index (χ0n) is 15.4. The molecule has 0 radical (unpaired) electrons. The number of H-pyrrole nitrogens is 1. The molecule has 1 saturated heterocycles. The van der Waals surface area contributed by atoms with E-state index in [9.17, 15) is 4.79 Å². The fourth-order valence-electron chi connectivity index (χ4n) is 3.69. The fraction of sp³-hybridized carbons (Fsp3) is 0.526. The van der Waals surface area contributed by atoms with Crippen LogP contribution in [0.2, 0.25) is 0 Å². The Morgan fingerprint density at radius 1 is 1.31 bits per heavy atom. The lowest BCUT2D eigenvalue weighted by atomic mass is 9.95. The Hall–Kier alpha value is -2.41. The van der Waals surface area contributed by atoms with Gasteiger partial charge < -0.3 is 14.5 Å². The molecule has 2 aromatic heterocycles. The summed E-state index contributed by atoms with van der Waals surface area (Å²) >= 11 is 0. The molecule has 0 spiro atoms. The minimum absolute atomic E-state index is 0.00136. The quantitative estimate of drug-likeness (QED) is 0.911. The number of carbonyl (C=O) groups is 1. The molecule has 1 N–H and O–H groups in total. The van der Waals surface area contributed by atoms with E-state index in [0.29, 0.717) is 25.4 Å². The third-order valence-electron chi connectivity index (χ3n) is 5.16. The highest BCUT2D eigenvalue weighted by molar-refractivity contribution is 5.94. The van der Waals surface area contributed by atoms with Crippen LogP contribution >= 0.6 is 0 Å². The Bertz CT molecular complexity index is 801. The lowest BCUT2D eigenvalue weighted by Crippen LogP contribution is -2.43. The molecule has 1 aliphatic carbocycles. The number of pyridine rings is 1. The molecule has 7 heteroatoms. The predicted octanol–water partition coefficient (Wildman–Crippen LogP) is 1.96. The molecular weight excluding hydrogens is 330 g/mol. The Kier molecular flexibility index (Phi) is 4.63. The molecule has 138 valence electrons. The van der Waals surface area contributed by atoms with Gasteiger partial charge in [0.2, 0.25) is 0 Å². The molecule has 26 heavy (non-hydrogen) atoms. The van der Waals surface area contributed by atoms with Gasteiger partial charge in [0, 0.05) is 31.9 Å². The molecule has 1 amide bonds. The molecule has 0 bridgehead atoms. The number of fused-ring (bicyclic) bond motifs is 1. The summed E-state index contributed by atoms with van der Waals surface area (Å²) in [5, 5.41) is 7.39. The first-order valence-corrected chi connectivity index (χ1v) is 9.25. The highest BCUT2D eigenvalue weighted by Gasteiger charge is 2.31. The van der Waals surface area contributed by atoms with Crippen molar-refractivity contribution in [2.45, 2.75) is 31.8 Å². The lowest BCUT2D eigenvalue weighted by molar-refractivity contribution is -0.0249. The smallest absolute Gasteiger partial charge is 0.274 e. The number of hydrogen-bond donors (Lipinski definition) is 1. The first kappa shape index (κ1) is 17.0. The largest absolute Gasteiger partial charge is 0.368 e. The van der Waals surface area contributed by atoms with E-state index in [1.54, 1.807) is 0 Å². The number of nitrogens with one attached hydrogen (secondary N) is 1. The summed E-state index contributed by atoms with van der Waals surface area (Å²) in [6.45, 7) is 1.60. The standard InChI is InChI=1S/C19H25N5O2/c1-23(2)17-9-5-8-15(20-17)16-12-24(10-11-26-16)19(25)18-13-6-3-4-7-14(13)21-22-18/h5,8-9,16H,3-4,6-7,10-12H2,1-2H3,(H,21,22). The van der Waals surface area contributed by atoms with Gasteiger partial charge >= 0.3 is 0 Å². The van der Waals surface area contributed by atoms with E-state index in [0.717, 1.165) is 48.5 Å². The Morgan fingerprint density at radius 2 is 2.15 bits per heavy atom. The number of morpholine rings is 1. The van der Waals surface area contributed by atoms with E-state index >= 15 is 0 Å². The second-order valence-corrected chi connectivity index (χ2v) is 7.16. The fourth-order valence-corrected chi connectivity index (χ4v) is 3.69. The number of aromatic nitrogens is 3. The van der Waals surface area contributed by atoms with Crippen LogP contribution in [-0.2, 0) is 17.6 Å².